The molecule has 8 heteroatoms. The molecular formula is C17H27ClN2O4S. The molecule has 0 saturated heterocycles. The van der Waals surface area contributed by atoms with Crippen molar-refractivity contribution in [3.63, 3.8) is 0 Å². The predicted molar refractivity (Wildman–Crippen MR) is 98.5 cm³/mol. The summed E-state index contributed by atoms with van der Waals surface area (Å²) < 4.78 is 39.5. The number of ether oxygens (including phenoxy) is 2. The molecule has 1 aliphatic rings. The van der Waals surface area contributed by atoms with Crippen LogP contribution in [0.5, 0.6) is 5.75 Å². The second kappa shape index (κ2) is 9.19. The van der Waals surface area contributed by atoms with E-state index in [1.807, 2.05) is 6.92 Å². The minimum Gasteiger partial charge on any atom is -0.487 e. The number of halogens is 1. The van der Waals surface area contributed by atoms with E-state index in [0.29, 0.717) is 18.2 Å². The van der Waals surface area contributed by atoms with E-state index in [9.17, 15) is 8.42 Å². The topological polar surface area (TPSA) is 90.6 Å². The molecule has 0 amide bonds. The van der Waals surface area contributed by atoms with Crippen molar-refractivity contribution in [2.45, 2.75) is 49.6 Å². The van der Waals surface area contributed by atoms with Crippen LogP contribution in [0, 0.1) is 5.92 Å². The van der Waals surface area contributed by atoms with Crippen molar-refractivity contribution in [3.8, 4) is 5.75 Å². The molecule has 0 aliphatic heterocycles. The van der Waals surface area contributed by atoms with Gasteiger partial charge < -0.3 is 15.2 Å². The Balaban J connectivity index is 2.26. The number of methoxy groups -OCH3 is 1. The van der Waals surface area contributed by atoms with Crippen LogP contribution in [0.4, 0.5) is 0 Å². The number of hydrogen-bond acceptors (Lipinski definition) is 5. The highest BCUT2D eigenvalue weighted by Crippen LogP contribution is 2.30. The van der Waals surface area contributed by atoms with Crippen LogP contribution in [0.15, 0.2) is 23.1 Å². The first-order chi connectivity index (χ1) is 11.9. The van der Waals surface area contributed by atoms with Crippen molar-refractivity contribution in [3.05, 3.63) is 23.2 Å². The minimum absolute atomic E-state index is 0.0456. The van der Waals surface area contributed by atoms with Gasteiger partial charge in [0, 0.05) is 18.2 Å². The van der Waals surface area contributed by atoms with Gasteiger partial charge in [0.1, 0.15) is 16.7 Å². The highest BCUT2D eigenvalue weighted by atomic mass is 35.5. The van der Waals surface area contributed by atoms with Gasteiger partial charge >= 0.3 is 0 Å². The summed E-state index contributed by atoms with van der Waals surface area (Å²) in [6, 6.07) is 4.44. The van der Waals surface area contributed by atoms with Crippen LogP contribution in [-0.2, 0) is 14.8 Å². The molecular weight excluding hydrogens is 364 g/mol. The number of benzene rings is 1. The highest BCUT2D eigenvalue weighted by Gasteiger charge is 2.30. The summed E-state index contributed by atoms with van der Waals surface area (Å²) in [6.07, 6.45) is 3.52. The normalized spacial score (nSPS) is 22.6. The average Bonchev–Trinajstić information content (AvgIpc) is 2.57. The van der Waals surface area contributed by atoms with Crippen LogP contribution in [0.2, 0.25) is 5.02 Å². The van der Waals surface area contributed by atoms with E-state index in [1.165, 1.54) is 6.07 Å². The maximum absolute atomic E-state index is 13.0. The molecule has 2 rings (SSSR count). The Morgan fingerprint density at radius 1 is 1.36 bits per heavy atom. The molecule has 1 saturated carbocycles. The molecule has 0 bridgehead atoms. The molecule has 3 N–H and O–H groups in total. The first-order valence-electron chi connectivity index (χ1n) is 8.55. The Morgan fingerprint density at radius 2 is 2.08 bits per heavy atom. The van der Waals surface area contributed by atoms with E-state index in [2.05, 4.69) is 4.72 Å². The zero-order chi connectivity index (χ0) is 18.4. The maximum Gasteiger partial charge on any atom is 0.244 e. The summed E-state index contributed by atoms with van der Waals surface area (Å²) in [5.74, 6) is 0.418. The quantitative estimate of drug-likeness (QED) is 0.711. The van der Waals surface area contributed by atoms with Gasteiger partial charge in [-0.05, 0) is 50.4 Å². The molecule has 1 aliphatic carbocycles. The van der Waals surface area contributed by atoms with Crippen LogP contribution in [-0.4, -0.2) is 40.8 Å². The molecule has 3 atom stereocenters. The van der Waals surface area contributed by atoms with E-state index in [4.69, 9.17) is 26.8 Å². The second-order valence-corrected chi connectivity index (χ2v) is 8.60. The monoisotopic (exact) mass is 390 g/mol. The van der Waals surface area contributed by atoms with E-state index in [1.54, 1.807) is 19.2 Å². The van der Waals surface area contributed by atoms with E-state index in [-0.39, 0.29) is 28.7 Å². The summed E-state index contributed by atoms with van der Waals surface area (Å²) >= 11 is 6.03. The first kappa shape index (κ1) is 20.5. The Bertz CT molecular complexity index is 669. The van der Waals surface area contributed by atoms with Crippen molar-refractivity contribution in [2.24, 2.45) is 11.7 Å². The van der Waals surface area contributed by atoms with Gasteiger partial charge in [0.2, 0.25) is 10.0 Å². The fourth-order valence-electron chi connectivity index (χ4n) is 3.18. The highest BCUT2D eigenvalue weighted by molar-refractivity contribution is 7.89. The van der Waals surface area contributed by atoms with Gasteiger partial charge in [-0.3, -0.25) is 0 Å². The number of hydrogen-bond donors (Lipinski definition) is 2. The third kappa shape index (κ3) is 5.56. The van der Waals surface area contributed by atoms with Crippen LogP contribution in [0.25, 0.3) is 0 Å². The second-order valence-electron chi connectivity index (χ2n) is 6.48. The Labute approximate surface area is 155 Å². The number of rotatable bonds is 8. The number of sulfonamides is 1. The molecule has 1 aromatic rings. The Kier molecular flexibility index (Phi) is 7.51. The molecule has 0 radical (unpaired) electrons. The van der Waals surface area contributed by atoms with Crippen molar-refractivity contribution in [1.29, 1.82) is 0 Å². The SMILES string of the molecule is COCC(C)Oc1ccc(Cl)cc1S(=O)(=O)NC1CCCCC1CN. The standard InChI is InChI=1S/C17H27ClN2O4S/c1-12(11-23-2)24-16-8-7-14(18)9-17(16)25(21,22)20-15-6-4-3-5-13(15)10-19/h7-9,12-13,15,20H,3-6,10-11,19H2,1-2H3. The van der Waals surface area contributed by atoms with Gasteiger partial charge in [-0.2, -0.15) is 0 Å². The smallest absolute Gasteiger partial charge is 0.244 e. The molecule has 1 fully saturated rings. The largest absolute Gasteiger partial charge is 0.487 e. The van der Waals surface area contributed by atoms with Crippen molar-refractivity contribution in [2.75, 3.05) is 20.3 Å². The summed E-state index contributed by atoms with van der Waals surface area (Å²) in [7, 11) is -2.21. The van der Waals surface area contributed by atoms with Crippen molar-refractivity contribution >= 4 is 21.6 Å². The zero-order valence-electron chi connectivity index (χ0n) is 14.7. The lowest BCUT2D eigenvalue weighted by atomic mass is 9.85. The molecule has 6 nitrogen and oxygen atoms in total. The first-order valence-corrected chi connectivity index (χ1v) is 10.4. The zero-order valence-corrected chi connectivity index (χ0v) is 16.3. The molecule has 3 unspecified atom stereocenters. The molecule has 0 aromatic heterocycles. The average molecular weight is 391 g/mol. The van der Waals surface area contributed by atoms with Crippen LogP contribution in [0.1, 0.15) is 32.6 Å². The molecule has 1 aromatic carbocycles. The number of nitrogens with two attached hydrogens (primary N) is 1. The fraction of sp³-hybridized carbons (Fsp3) is 0.647. The van der Waals surface area contributed by atoms with Gasteiger partial charge in [-0.25, -0.2) is 13.1 Å². The van der Waals surface area contributed by atoms with Crippen LogP contribution in [0.3, 0.4) is 0 Å². The van der Waals surface area contributed by atoms with Crippen LogP contribution < -0.4 is 15.2 Å². The van der Waals surface area contributed by atoms with Gasteiger partial charge in [0.25, 0.3) is 0 Å². The lowest BCUT2D eigenvalue weighted by Gasteiger charge is -2.31. The van der Waals surface area contributed by atoms with Gasteiger partial charge in [-0.1, -0.05) is 24.4 Å². The third-order valence-electron chi connectivity index (χ3n) is 4.44. The molecule has 0 heterocycles. The van der Waals surface area contributed by atoms with E-state index < -0.39 is 10.0 Å². The molecule has 25 heavy (non-hydrogen) atoms. The maximum atomic E-state index is 13.0. The Hall–Kier alpha value is -0.860. The number of nitrogens with one attached hydrogen (secondary N) is 1. The van der Waals surface area contributed by atoms with Crippen molar-refractivity contribution < 1.29 is 17.9 Å². The minimum atomic E-state index is -3.77. The van der Waals surface area contributed by atoms with E-state index in [0.717, 1.165) is 25.7 Å². The lowest BCUT2D eigenvalue weighted by molar-refractivity contribution is 0.0901. The summed E-state index contributed by atoms with van der Waals surface area (Å²) in [4.78, 5) is 0.0456. The predicted octanol–water partition coefficient (Wildman–Crippen LogP) is 2.55. The molecule has 142 valence electrons. The van der Waals surface area contributed by atoms with Gasteiger partial charge in [0.15, 0.2) is 0 Å². The summed E-state index contributed by atoms with van der Waals surface area (Å²) in [6.45, 7) is 2.64. The Morgan fingerprint density at radius 3 is 2.76 bits per heavy atom. The van der Waals surface area contributed by atoms with Crippen molar-refractivity contribution in [1.82, 2.24) is 4.72 Å². The van der Waals surface area contributed by atoms with Gasteiger partial charge in [0.05, 0.1) is 6.61 Å². The third-order valence-corrected chi connectivity index (χ3v) is 6.19. The van der Waals surface area contributed by atoms with E-state index >= 15 is 0 Å². The van der Waals surface area contributed by atoms with Crippen LogP contribution >= 0.6 is 11.6 Å². The molecule has 0 spiro atoms. The summed E-state index contributed by atoms with van der Waals surface area (Å²) in [5.41, 5.74) is 5.81. The summed E-state index contributed by atoms with van der Waals surface area (Å²) in [5, 5.41) is 0.339. The lowest BCUT2D eigenvalue weighted by Crippen LogP contribution is -2.44. The van der Waals surface area contributed by atoms with Gasteiger partial charge in [-0.15, -0.1) is 0 Å². The fourth-order valence-corrected chi connectivity index (χ4v) is 4.92.